The van der Waals surface area contributed by atoms with E-state index in [1.165, 1.54) is 4.88 Å². The zero-order chi connectivity index (χ0) is 10.2. The first kappa shape index (κ1) is 10.6. The van der Waals surface area contributed by atoms with E-state index < -0.39 is 0 Å². The van der Waals surface area contributed by atoms with Crippen molar-refractivity contribution in [1.29, 1.82) is 0 Å². The van der Waals surface area contributed by atoms with Crippen LogP contribution in [0.15, 0.2) is 15.9 Å². The fourth-order valence-electron chi connectivity index (χ4n) is 1.79. The lowest BCUT2D eigenvalue weighted by Crippen LogP contribution is -2.53. The minimum Gasteiger partial charge on any atom is -0.379 e. The van der Waals surface area contributed by atoms with Gasteiger partial charge in [-0.05, 0) is 34.5 Å². The van der Waals surface area contributed by atoms with Crippen LogP contribution in [0.25, 0.3) is 0 Å². The van der Waals surface area contributed by atoms with Crippen molar-refractivity contribution in [2.24, 2.45) is 11.7 Å². The maximum atomic E-state index is 5.75. The van der Waals surface area contributed by atoms with Gasteiger partial charge in [0.1, 0.15) is 0 Å². The van der Waals surface area contributed by atoms with Crippen molar-refractivity contribution in [1.82, 2.24) is 0 Å². The van der Waals surface area contributed by atoms with Crippen LogP contribution in [0.1, 0.15) is 11.8 Å². The van der Waals surface area contributed by atoms with Crippen LogP contribution in [0.3, 0.4) is 0 Å². The number of thiophene rings is 1. The molecule has 0 spiro atoms. The normalized spacial score (nSPS) is 21.6. The second-order valence-corrected chi connectivity index (χ2v) is 5.74. The smallest absolute Gasteiger partial charge is 0.0596 e. The third-order valence-electron chi connectivity index (χ3n) is 3.07. The summed E-state index contributed by atoms with van der Waals surface area (Å²) in [5, 5.41) is 2.12. The summed E-state index contributed by atoms with van der Waals surface area (Å²) in [6.07, 6.45) is 0. The molecule has 4 heteroatoms. The van der Waals surface area contributed by atoms with Gasteiger partial charge in [0.2, 0.25) is 0 Å². The summed E-state index contributed by atoms with van der Waals surface area (Å²) in [4.78, 5) is 1.40. The molecule has 1 aromatic rings. The summed E-state index contributed by atoms with van der Waals surface area (Å²) in [5.41, 5.74) is 5.94. The molecule has 0 amide bonds. The van der Waals surface area contributed by atoms with E-state index in [0.29, 0.717) is 5.92 Å². The third-order valence-corrected chi connectivity index (χ3v) is 4.99. The molecule has 1 saturated heterocycles. The molecule has 0 aromatic carbocycles. The van der Waals surface area contributed by atoms with E-state index >= 15 is 0 Å². The number of hydrogen-bond acceptors (Lipinski definition) is 3. The molecule has 1 atom stereocenters. The van der Waals surface area contributed by atoms with Crippen LogP contribution in [0.5, 0.6) is 0 Å². The maximum absolute atomic E-state index is 5.75. The van der Waals surface area contributed by atoms with Gasteiger partial charge in [0.15, 0.2) is 0 Å². The fourth-order valence-corrected chi connectivity index (χ4v) is 3.51. The van der Waals surface area contributed by atoms with Crippen LogP contribution in [0, 0.1) is 5.92 Å². The molecule has 1 aliphatic heterocycles. The average molecular weight is 276 g/mol. The quantitative estimate of drug-likeness (QED) is 0.920. The lowest BCUT2D eigenvalue weighted by atomic mass is 9.73. The van der Waals surface area contributed by atoms with E-state index in [2.05, 4.69) is 34.3 Å². The van der Waals surface area contributed by atoms with Gasteiger partial charge in [-0.1, -0.05) is 6.92 Å². The Balaban J connectivity index is 2.28. The zero-order valence-corrected chi connectivity index (χ0v) is 10.5. The molecule has 0 bridgehead atoms. The molecule has 2 N–H and O–H groups in total. The number of nitrogens with two attached hydrogens (primary N) is 1. The average Bonchev–Trinajstić information content (AvgIpc) is 2.50. The predicted molar refractivity (Wildman–Crippen MR) is 62.7 cm³/mol. The Morgan fingerprint density at radius 1 is 1.71 bits per heavy atom. The second kappa shape index (κ2) is 3.93. The summed E-state index contributed by atoms with van der Waals surface area (Å²) in [6, 6.07) is 2.19. The van der Waals surface area contributed by atoms with E-state index in [1.807, 2.05) is 0 Å². The van der Waals surface area contributed by atoms with Crippen molar-refractivity contribution >= 4 is 27.3 Å². The van der Waals surface area contributed by atoms with Gasteiger partial charge in [-0.3, -0.25) is 0 Å². The standard InChI is InChI=1S/C10H14BrNOS/c1-7(3-12)10(5-13-6-10)9-2-8(11)4-14-9/h2,4,7H,3,5-6,12H2,1H3. The first-order valence-corrected chi connectivity index (χ1v) is 6.38. The van der Waals surface area contributed by atoms with E-state index in [1.54, 1.807) is 11.3 Å². The summed E-state index contributed by atoms with van der Waals surface area (Å²) in [6.45, 7) is 4.56. The summed E-state index contributed by atoms with van der Waals surface area (Å²) < 4.78 is 6.52. The van der Waals surface area contributed by atoms with Gasteiger partial charge in [-0.15, -0.1) is 11.3 Å². The molecule has 1 unspecified atom stereocenters. The van der Waals surface area contributed by atoms with Gasteiger partial charge < -0.3 is 10.5 Å². The summed E-state index contributed by atoms with van der Waals surface area (Å²) in [5.74, 6) is 0.488. The van der Waals surface area contributed by atoms with Gasteiger partial charge in [0.05, 0.1) is 18.6 Å². The van der Waals surface area contributed by atoms with Crippen molar-refractivity contribution in [3.05, 3.63) is 20.8 Å². The van der Waals surface area contributed by atoms with Crippen molar-refractivity contribution in [3.8, 4) is 0 Å². The number of ether oxygens (including phenoxy) is 1. The van der Waals surface area contributed by atoms with Gasteiger partial charge in [-0.25, -0.2) is 0 Å². The van der Waals surface area contributed by atoms with Crippen LogP contribution in [0.4, 0.5) is 0 Å². The van der Waals surface area contributed by atoms with E-state index in [9.17, 15) is 0 Å². The molecule has 14 heavy (non-hydrogen) atoms. The Bertz CT molecular complexity index is 322. The van der Waals surface area contributed by atoms with Crippen LogP contribution >= 0.6 is 27.3 Å². The minimum absolute atomic E-state index is 0.186. The summed E-state index contributed by atoms with van der Waals surface area (Å²) >= 11 is 5.28. The highest BCUT2D eigenvalue weighted by molar-refractivity contribution is 9.10. The third kappa shape index (κ3) is 1.54. The Kier molecular flexibility index (Phi) is 2.98. The van der Waals surface area contributed by atoms with E-state index in [-0.39, 0.29) is 5.41 Å². The van der Waals surface area contributed by atoms with Gasteiger partial charge in [0.25, 0.3) is 0 Å². The monoisotopic (exact) mass is 275 g/mol. The lowest BCUT2D eigenvalue weighted by molar-refractivity contribution is -0.0835. The second-order valence-electron chi connectivity index (χ2n) is 3.91. The van der Waals surface area contributed by atoms with Crippen molar-refractivity contribution in [2.75, 3.05) is 19.8 Å². The molecular formula is C10H14BrNOS. The first-order chi connectivity index (χ1) is 6.69. The molecule has 1 fully saturated rings. The van der Waals surface area contributed by atoms with Gasteiger partial charge in [-0.2, -0.15) is 0 Å². The number of rotatable bonds is 3. The number of halogens is 1. The lowest BCUT2D eigenvalue weighted by Gasteiger charge is -2.45. The zero-order valence-electron chi connectivity index (χ0n) is 8.13. The molecule has 1 aliphatic rings. The predicted octanol–water partition coefficient (Wildman–Crippen LogP) is 2.37. The number of hydrogen-bond donors (Lipinski definition) is 1. The highest BCUT2D eigenvalue weighted by Gasteiger charge is 2.45. The van der Waals surface area contributed by atoms with Crippen LogP contribution in [0.2, 0.25) is 0 Å². The molecule has 78 valence electrons. The van der Waals surface area contributed by atoms with Crippen molar-refractivity contribution < 1.29 is 4.74 Å². The molecule has 1 aromatic heterocycles. The molecule has 0 aliphatic carbocycles. The van der Waals surface area contributed by atoms with E-state index in [0.717, 1.165) is 24.2 Å². The first-order valence-electron chi connectivity index (χ1n) is 4.71. The van der Waals surface area contributed by atoms with Crippen molar-refractivity contribution in [2.45, 2.75) is 12.3 Å². The Morgan fingerprint density at radius 2 is 2.43 bits per heavy atom. The molecule has 0 radical (unpaired) electrons. The minimum atomic E-state index is 0.186. The SMILES string of the molecule is CC(CN)C1(c2cc(Br)cs2)COC1. The Hall–Kier alpha value is 0.1000. The largest absolute Gasteiger partial charge is 0.379 e. The van der Waals surface area contributed by atoms with Crippen LogP contribution in [-0.4, -0.2) is 19.8 Å². The van der Waals surface area contributed by atoms with Gasteiger partial charge >= 0.3 is 0 Å². The maximum Gasteiger partial charge on any atom is 0.0596 e. The topological polar surface area (TPSA) is 35.2 Å². The highest BCUT2D eigenvalue weighted by Crippen LogP contribution is 2.42. The highest BCUT2D eigenvalue weighted by atomic mass is 79.9. The fraction of sp³-hybridized carbons (Fsp3) is 0.600. The molecule has 2 nitrogen and oxygen atoms in total. The summed E-state index contributed by atoms with van der Waals surface area (Å²) in [7, 11) is 0. The van der Waals surface area contributed by atoms with Gasteiger partial charge in [0, 0.05) is 14.7 Å². The van der Waals surface area contributed by atoms with Crippen molar-refractivity contribution in [3.63, 3.8) is 0 Å². The van der Waals surface area contributed by atoms with Crippen LogP contribution < -0.4 is 5.73 Å². The van der Waals surface area contributed by atoms with Crippen LogP contribution in [-0.2, 0) is 10.2 Å². The molecule has 0 saturated carbocycles. The Labute approximate surface area is 96.6 Å². The Morgan fingerprint density at radius 3 is 2.79 bits per heavy atom. The molecule has 2 heterocycles. The molecule has 2 rings (SSSR count). The van der Waals surface area contributed by atoms with E-state index in [4.69, 9.17) is 10.5 Å². The molecular weight excluding hydrogens is 262 g/mol.